The number of esters is 1. The molecule has 11 heteroatoms. The maximum Gasteiger partial charge on any atom is 0.363 e. The summed E-state index contributed by atoms with van der Waals surface area (Å²) in [6, 6.07) is 7.51. The summed E-state index contributed by atoms with van der Waals surface area (Å²) in [4.78, 5) is 36.5. The molecule has 0 saturated heterocycles. The van der Waals surface area contributed by atoms with E-state index < -0.39 is 27.2 Å². The van der Waals surface area contributed by atoms with Crippen LogP contribution in [0.5, 0.6) is 0 Å². The Labute approximate surface area is 160 Å². The van der Waals surface area contributed by atoms with Gasteiger partial charge in [0.2, 0.25) is 5.90 Å². The number of benzene rings is 2. The Morgan fingerprint density at radius 3 is 2.41 bits per heavy atom. The number of carbonyl (C=O) groups excluding carboxylic acids is 1. The van der Waals surface area contributed by atoms with E-state index in [0.717, 1.165) is 24.3 Å². The number of nitro benzene ring substituents is 2. The van der Waals surface area contributed by atoms with E-state index in [-0.39, 0.29) is 22.2 Å². The highest BCUT2D eigenvalue weighted by molar-refractivity contribution is 6.37. The number of nitro groups is 2. The van der Waals surface area contributed by atoms with Gasteiger partial charge in [0.05, 0.1) is 32.1 Å². The SMILES string of the molecule is O=C1OC(c2ccc(Cl)cc2Cl)=N/C1=C\c1ccc([N+](=O)[O-])cc1[N+](=O)[O-]. The largest absolute Gasteiger partial charge is 0.402 e. The van der Waals surface area contributed by atoms with Crippen LogP contribution in [0.3, 0.4) is 0 Å². The summed E-state index contributed by atoms with van der Waals surface area (Å²) in [6.45, 7) is 0. The number of nitrogens with zero attached hydrogens (tertiary/aromatic N) is 3. The normalized spacial score (nSPS) is 14.8. The van der Waals surface area contributed by atoms with Crippen molar-refractivity contribution in [1.82, 2.24) is 0 Å². The third-order valence-corrected chi connectivity index (χ3v) is 4.04. The van der Waals surface area contributed by atoms with Crippen molar-refractivity contribution in [1.29, 1.82) is 0 Å². The average molecular weight is 408 g/mol. The summed E-state index contributed by atoms with van der Waals surface area (Å²) in [5.74, 6) is -0.929. The van der Waals surface area contributed by atoms with Gasteiger partial charge in [-0.15, -0.1) is 0 Å². The zero-order valence-corrected chi connectivity index (χ0v) is 14.6. The first kappa shape index (κ1) is 18.5. The van der Waals surface area contributed by atoms with Gasteiger partial charge in [0.1, 0.15) is 0 Å². The Kier molecular flexibility index (Phi) is 4.89. The first-order valence-corrected chi connectivity index (χ1v) is 7.92. The Hall–Kier alpha value is -3.30. The van der Waals surface area contributed by atoms with Crippen LogP contribution in [-0.2, 0) is 9.53 Å². The molecular weight excluding hydrogens is 401 g/mol. The summed E-state index contributed by atoms with van der Waals surface area (Å²) in [6.07, 6.45) is 1.11. The van der Waals surface area contributed by atoms with Crippen LogP contribution in [0.15, 0.2) is 47.1 Å². The Morgan fingerprint density at radius 2 is 1.78 bits per heavy atom. The second-order valence-electron chi connectivity index (χ2n) is 5.22. The molecule has 2 aromatic rings. The topological polar surface area (TPSA) is 125 Å². The van der Waals surface area contributed by atoms with E-state index in [9.17, 15) is 25.0 Å². The predicted molar refractivity (Wildman–Crippen MR) is 96.8 cm³/mol. The van der Waals surface area contributed by atoms with Gasteiger partial charge in [-0.1, -0.05) is 23.2 Å². The summed E-state index contributed by atoms with van der Waals surface area (Å²) >= 11 is 11.9. The van der Waals surface area contributed by atoms with Gasteiger partial charge < -0.3 is 4.74 Å². The molecule has 3 rings (SSSR count). The van der Waals surface area contributed by atoms with Crippen molar-refractivity contribution in [3.63, 3.8) is 0 Å². The molecule has 0 radical (unpaired) electrons. The highest BCUT2D eigenvalue weighted by atomic mass is 35.5. The van der Waals surface area contributed by atoms with Crippen molar-refractivity contribution in [2.75, 3.05) is 0 Å². The van der Waals surface area contributed by atoms with Crippen LogP contribution in [0.4, 0.5) is 11.4 Å². The maximum absolute atomic E-state index is 12.0. The lowest BCUT2D eigenvalue weighted by Crippen LogP contribution is -2.06. The number of carbonyl (C=O) groups is 1. The van der Waals surface area contributed by atoms with Gasteiger partial charge in [-0.25, -0.2) is 9.79 Å². The van der Waals surface area contributed by atoms with E-state index >= 15 is 0 Å². The number of halogens is 2. The quantitative estimate of drug-likeness (QED) is 0.324. The lowest BCUT2D eigenvalue weighted by molar-refractivity contribution is -0.394. The third kappa shape index (κ3) is 3.78. The van der Waals surface area contributed by atoms with E-state index in [1.165, 1.54) is 18.2 Å². The van der Waals surface area contributed by atoms with E-state index in [1.54, 1.807) is 0 Å². The van der Waals surface area contributed by atoms with Crippen molar-refractivity contribution >= 4 is 52.5 Å². The minimum Gasteiger partial charge on any atom is -0.402 e. The smallest absolute Gasteiger partial charge is 0.363 e. The first-order chi connectivity index (χ1) is 12.8. The number of rotatable bonds is 4. The third-order valence-electron chi connectivity index (χ3n) is 3.50. The monoisotopic (exact) mass is 407 g/mol. The number of ether oxygens (including phenoxy) is 1. The van der Waals surface area contributed by atoms with Crippen LogP contribution in [0.25, 0.3) is 6.08 Å². The molecule has 0 aliphatic carbocycles. The van der Waals surface area contributed by atoms with Crippen LogP contribution >= 0.6 is 23.2 Å². The highest BCUT2D eigenvalue weighted by Crippen LogP contribution is 2.30. The molecule has 0 atom stereocenters. The second-order valence-corrected chi connectivity index (χ2v) is 6.06. The minimum atomic E-state index is -0.844. The van der Waals surface area contributed by atoms with Crippen LogP contribution in [0.1, 0.15) is 11.1 Å². The summed E-state index contributed by atoms with van der Waals surface area (Å²) in [5.41, 5.74) is -0.929. The summed E-state index contributed by atoms with van der Waals surface area (Å²) in [5, 5.41) is 22.6. The Morgan fingerprint density at radius 1 is 1.04 bits per heavy atom. The zero-order chi connectivity index (χ0) is 19.7. The molecule has 136 valence electrons. The van der Waals surface area contributed by atoms with Crippen LogP contribution < -0.4 is 0 Å². The average Bonchev–Trinajstić information content (AvgIpc) is 2.95. The maximum atomic E-state index is 12.0. The van der Waals surface area contributed by atoms with Crippen molar-refractivity contribution in [2.24, 2.45) is 4.99 Å². The molecule has 1 aliphatic rings. The van der Waals surface area contributed by atoms with Crippen molar-refractivity contribution < 1.29 is 19.4 Å². The zero-order valence-electron chi connectivity index (χ0n) is 13.1. The standard InChI is InChI=1S/C16H7Cl2N3O6/c17-9-2-4-11(12(18)6-9)15-19-13(16(22)27-15)5-8-1-3-10(20(23)24)7-14(8)21(25)26/h1-7H/b13-5-. The number of cyclic esters (lactones) is 1. The van der Waals surface area contributed by atoms with Crippen molar-refractivity contribution in [2.45, 2.75) is 0 Å². The van der Waals surface area contributed by atoms with E-state index in [0.29, 0.717) is 10.6 Å². The van der Waals surface area contributed by atoms with Crippen molar-refractivity contribution in [3.8, 4) is 0 Å². The van der Waals surface area contributed by atoms with Gasteiger partial charge in [0.15, 0.2) is 5.70 Å². The Bertz CT molecular complexity index is 1060. The summed E-state index contributed by atoms with van der Waals surface area (Å²) < 4.78 is 5.05. The predicted octanol–water partition coefficient (Wildman–Crippen LogP) is 4.15. The molecule has 0 saturated carbocycles. The lowest BCUT2D eigenvalue weighted by Gasteiger charge is -2.02. The fraction of sp³-hybridized carbons (Fsp3) is 0. The number of hydrogen-bond acceptors (Lipinski definition) is 7. The van der Waals surface area contributed by atoms with Gasteiger partial charge in [0.25, 0.3) is 11.4 Å². The molecular formula is C16H7Cl2N3O6. The molecule has 0 spiro atoms. The molecule has 27 heavy (non-hydrogen) atoms. The Balaban J connectivity index is 2.04. The fourth-order valence-electron chi connectivity index (χ4n) is 2.26. The van der Waals surface area contributed by atoms with Gasteiger partial charge in [-0.05, 0) is 30.3 Å². The van der Waals surface area contributed by atoms with Crippen LogP contribution in [-0.4, -0.2) is 21.7 Å². The minimum absolute atomic E-state index is 0.0373. The van der Waals surface area contributed by atoms with E-state index in [2.05, 4.69) is 4.99 Å². The van der Waals surface area contributed by atoms with Gasteiger partial charge in [0, 0.05) is 11.1 Å². The number of aliphatic imine (C=N–C) groups is 1. The molecule has 0 aromatic heterocycles. The van der Waals surface area contributed by atoms with Crippen LogP contribution in [0, 0.1) is 20.2 Å². The van der Waals surface area contributed by atoms with Crippen molar-refractivity contribution in [3.05, 3.63) is 83.5 Å². The molecule has 0 amide bonds. The van der Waals surface area contributed by atoms with E-state index in [4.69, 9.17) is 27.9 Å². The molecule has 1 heterocycles. The van der Waals surface area contributed by atoms with Gasteiger partial charge in [-0.3, -0.25) is 20.2 Å². The second kappa shape index (κ2) is 7.14. The lowest BCUT2D eigenvalue weighted by atomic mass is 10.1. The molecule has 2 aromatic carbocycles. The summed E-state index contributed by atoms with van der Waals surface area (Å²) in [7, 11) is 0. The van der Waals surface area contributed by atoms with Gasteiger partial charge >= 0.3 is 5.97 Å². The van der Waals surface area contributed by atoms with E-state index in [1.807, 2.05) is 0 Å². The molecule has 0 unspecified atom stereocenters. The highest BCUT2D eigenvalue weighted by Gasteiger charge is 2.27. The number of non-ortho nitro benzene ring substituents is 1. The first-order valence-electron chi connectivity index (χ1n) is 7.17. The molecule has 0 bridgehead atoms. The molecule has 0 fully saturated rings. The fourth-order valence-corrected chi connectivity index (χ4v) is 2.75. The molecule has 9 nitrogen and oxygen atoms in total. The molecule has 1 aliphatic heterocycles. The number of hydrogen-bond donors (Lipinski definition) is 0. The molecule has 0 N–H and O–H groups in total. The van der Waals surface area contributed by atoms with Gasteiger partial charge in [-0.2, -0.15) is 0 Å². The van der Waals surface area contributed by atoms with Crippen LogP contribution in [0.2, 0.25) is 10.0 Å².